The number of aromatic amines is 1. The Kier molecular flexibility index (Phi) is 6.11. The average Bonchev–Trinajstić information content (AvgIpc) is 2.67. The number of amides is 3. The van der Waals surface area contributed by atoms with E-state index in [1.807, 2.05) is 19.1 Å². The van der Waals surface area contributed by atoms with Crippen molar-refractivity contribution in [1.82, 2.24) is 15.6 Å². The van der Waals surface area contributed by atoms with Crippen LogP contribution in [0.15, 0.2) is 35.1 Å². The lowest BCUT2D eigenvalue weighted by molar-refractivity contribution is -0.121. The third kappa shape index (κ3) is 4.90. The molecular formula is C21H24N4O4. The maximum atomic E-state index is 12.4. The molecule has 0 aliphatic heterocycles. The molecule has 0 fully saturated rings. The molecule has 1 aromatic heterocycles. The standard InChI is InChI=1S/C21H24N4O4/c1-12-4-2-5-13(10-12)20(28)23-9-8-18(26)24-16-6-3-7-17-14(16)11-15(19(22)27)21(29)25-17/h2,4-5,10-11,16H,3,6-9H2,1H3,(H2,22,27)(H,23,28)(H,24,26)(H,25,29). The summed E-state index contributed by atoms with van der Waals surface area (Å²) in [7, 11) is 0. The molecule has 1 heterocycles. The van der Waals surface area contributed by atoms with E-state index in [9.17, 15) is 19.2 Å². The fourth-order valence-corrected chi connectivity index (χ4v) is 3.52. The molecule has 1 atom stereocenters. The lowest BCUT2D eigenvalue weighted by Gasteiger charge is -2.26. The van der Waals surface area contributed by atoms with E-state index in [-0.39, 0.29) is 36.4 Å². The first-order chi connectivity index (χ1) is 13.8. The van der Waals surface area contributed by atoms with Crippen molar-refractivity contribution in [3.8, 4) is 0 Å². The molecule has 0 radical (unpaired) electrons. The Morgan fingerprint density at radius 1 is 1.24 bits per heavy atom. The summed E-state index contributed by atoms with van der Waals surface area (Å²) in [6.07, 6.45) is 2.28. The molecule has 152 valence electrons. The van der Waals surface area contributed by atoms with Crippen LogP contribution in [-0.2, 0) is 11.2 Å². The van der Waals surface area contributed by atoms with Crippen LogP contribution in [0, 0.1) is 6.92 Å². The molecule has 1 aliphatic carbocycles. The van der Waals surface area contributed by atoms with Gasteiger partial charge in [0.1, 0.15) is 5.56 Å². The minimum absolute atomic E-state index is 0.115. The monoisotopic (exact) mass is 396 g/mol. The normalized spacial score (nSPS) is 15.3. The molecule has 0 saturated carbocycles. The van der Waals surface area contributed by atoms with E-state index < -0.39 is 11.5 Å². The number of hydrogen-bond acceptors (Lipinski definition) is 4. The predicted molar refractivity (Wildman–Crippen MR) is 108 cm³/mol. The van der Waals surface area contributed by atoms with E-state index in [0.717, 1.165) is 12.0 Å². The quantitative estimate of drug-likeness (QED) is 0.581. The van der Waals surface area contributed by atoms with Crippen LogP contribution in [0.1, 0.15) is 62.8 Å². The van der Waals surface area contributed by atoms with E-state index in [0.29, 0.717) is 29.7 Å². The number of carbonyl (C=O) groups excluding carboxylic acids is 3. The van der Waals surface area contributed by atoms with Crippen LogP contribution in [0.4, 0.5) is 0 Å². The number of pyridine rings is 1. The van der Waals surface area contributed by atoms with Gasteiger partial charge in [0, 0.05) is 24.2 Å². The van der Waals surface area contributed by atoms with Crippen molar-refractivity contribution in [1.29, 1.82) is 0 Å². The van der Waals surface area contributed by atoms with Crippen LogP contribution in [0.2, 0.25) is 0 Å². The number of fused-ring (bicyclic) bond motifs is 1. The minimum Gasteiger partial charge on any atom is -0.365 e. The molecule has 8 nitrogen and oxygen atoms in total. The van der Waals surface area contributed by atoms with Crippen LogP contribution in [0.3, 0.4) is 0 Å². The second kappa shape index (κ2) is 8.72. The fourth-order valence-electron chi connectivity index (χ4n) is 3.52. The van der Waals surface area contributed by atoms with Gasteiger partial charge in [-0.3, -0.25) is 19.2 Å². The van der Waals surface area contributed by atoms with Gasteiger partial charge in [0.15, 0.2) is 0 Å². The molecule has 2 aromatic rings. The van der Waals surface area contributed by atoms with Crippen LogP contribution in [0.5, 0.6) is 0 Å². The van der Waals surface area contributed by atoms with Crippen LogP contribution in [-0.4, -0.2) is 29.3 Å². The van der Waals surface area contributed by atoms with E-state index in [2.05, 4.69) is 15.6 Å². The number of nitrogens with two attached hydrogens (primary N) is 1. The highest BCUT2D eigenvalue weighted by atomic mass is 16.2. The summed E-state index contributed by atoms with van der Waals surface area (Å²) in [6.45, 7) is 2.11. The summed E-state index contributed by atoms with van der Waals surface area (Å²) in [5.74, 6) is -1.25. The fraction of sp³-hybridized carbons (Fsp3) is 0.333. The van der Waals surface area contributed by atoms with Crippen molar-refractivity contribution in [2.45, 2.75) is 38.6 Å². The van der Waals surface area contributed by atoms with Crippen molar-refractivity contribution in [3.05, 3.63) is 68.6 Å². The number of carbonyl (C=O) groups is 3. The van der Waals surface area contributed by atoms with Gasteiger partial charge >= 0.3 is 0 Å². The van der Waals surface area contributed by atoms with Gasteiger partial charge in [-0.15, -0.1) is 0 Å². The molecular weight excluding hydrogens is 372 g/mol. The lowest BCUT2D eigenvalue weighted by atomic mass is 9.90. The zero-order chi connectivity index (χ0) is 21.0. The lowest BCUT2D eigenvalue weighted by Crippen LogP contribution is -2.36. The summed E-state index contributed by atoms with van der Waals surface area (Å²) in [5, 5.41) is 5.66. The number of H-pyrrole nitrogens is 1. The number of rotatable bonds is 6. The largest absolute Gasteiger partial charge is 0.365 e. The SMILES string of the molecule is Cc1cccc(C(=O)NCCC(=O)NC2CCCc3[nH]c(=O)c(C(N)=O)cc32)c1. The first kappa shape index (κ1) is 20.3. The van der Waals surface area contributed by atoms with Crippen molar-refractivity contribution < 1.29 is 14.4 Å². The molecule has 29 heavy (non-hydrogen) atoms. The maximum Gasteiger partial charge on any atom is 0.261 e. The van der Waals surface area contributed by atoms with Crippen molar-refractivity contribution in [2.75, 3.05) is 6.54 Å². The molecule has 3 rings (SSSR count). The number of primary amides is 1. The zero-order valence-corrected chi connectivity index (χ0v) is 16.2. The highest BCUT2D eigenvalue weighted by Crippen LogP contribution is 2.28. The Labute approximate surface area is 167 Å². The highest BCUT2D eigenvalue weighted by Gasteiger charge is 2.24. The Hall–Kier alpha value is -3.42. The smallest absolute Gasteiger partial charge is 0.261 e. The molecule has 1 unspecified atom stereocenters. The van der Waals surface area contributed by atoms with Gasteiger partial charge in [-0.05, 0) is 49.9 Å². The predicted octanol–water partition coefficient (Wildman–Crippen LogP) is 1.10. The zero-order valence-electron chi connectivity index (χ0n) is 16.2. The third-order valence-corrected chi connectivity index (χ3v) is 4.97. The highest BCUT2D eigenvalue weighted by molar-refractivity contribution is 5.94. The molecule has 1 aromatic carbocycles. The molecule has 0 saturated heterocycles. The van der Waals surface area contributed by atoms with E-state index in [4.69, 9.17) is 5.73 Å². The van der Waals surface area contributed by atoms with Gasteiger partial charge in [0.05, 0.1) is 6.04 Å². The maximum absolute atomic E-state index is 12.4. The van der Waals surface area contributed by atoms with E-state index in [1.54, 1.807) is 12.1 Å². The number of aryl methyl sites for hydroxylation is 2. The first-order valence-corrected chi connectivity index (χ1v) is 9.55. The minimum atomic E-state index is -0.802. The van der Waals surface area contributed by atoms with Gasteiger partial charge in [0.2, 0.25) is 5.91 Å². The van der Waals surface area contributed by atoms with E-state index in [1.165, 1.54) is 6.07 Å². The summed E-state index contributed by atoms with van der Waals surface area (Å²) in [5.41, 5.74) is 7.59. The Balaban J connectivity index is 1.59. The Bertz CT molecular complexity index is 1010. The number of aromatic nitrogens is 1. The number of hydrogen-bond donors (Lipinski definition) is 4. The summed E-state index contributed by atoms with van der Waals surface area (Å²) in [6, 6.07) is 8.38. The van der Waals surface area contributed by atoms with Crippen LogP contribution in [0.25, 0.3) is 0 Å². The van der Waals surface area contributed by atoms with Crippen LogP contribution >= 0.6 is 0 Å². The van der Waals surface area contributed by atoms with Gasteiger partial charge in [-0.25, -0.2) is 0 Å². The molecule has 0 bridgehead atoms. The van der Waals surface area contributed by atoms with Crippen LogP contribution < -0.4 is 21.9 Å². The van der Waals surface area contributed by atoms with Crippen molar-refractivity contribution >= 4 is 17.7 Å². The van der Waals surface area contributed by atoms with Crippen molar-refractivity contribution in [2.24, 2.45) is 5.73 Å². The molecule has 1 aliphatic rings. The van der Waals surface area contributed by atoms with Crippen molar-refractivity contribution in [3.63, 3.8) is 0 Å². The number of benzene rings is 1. The Morgan fingerprint density at radius 2 is 2.03 bits per heavy atom. The Morgan fingerprint density at radius 3 is 2.76 bits per heavy atom. The van der Waals surface area contributed by atoms with Gasteiger partial charge in [-0.2, -0.15) is 0 Å². The number of nitrogens with one attached hydrogen (secondary N) is 3. The third-order valence-electron chi connectivity index (χ3n) is 4.97. The van der Waals surface area contributed by atoms with Gasteiger partial charge in [0.25, 0.3) is 17.4 Å². The first-order valence-electron chi connectivity index (χ1n) is 9.55. The van der Waals surface area contributed by atoms with Gasteiger partial charge < -0.3 is 21.4 Å². The van der Waals surface area contributed by atoms with E-state index >= 15 is 0 Å². The van der Waals surface area contributed by atoms with Gasteiger partial charge in [-0.1, -0.05) is 17.7 Å². The second-order valence-corrected chi connectivity index (χ2v) is 7.20. The average molecular weight is 396 g/mol. The summed E-state index contributed by atoms with van der Waals surface area (Å²) < 4.78 is 0. The second-order valence-electron chi connectivity index (χ2n) is 7.20. The molecule has 0 spiro atoms. The summed E-state index contributed by atoms with van der Waals surface area (Å²) in [4.78, 5) is 50.6. The molecule has 8 heteroatoms. The topological polar surface area (TPSA) is 134 Å². The molecule has 3 amide bonds. The molecule has 5 N–H and O–H groups in total. The summed E-state index contributed by atoms with van der Waals surface area (Å²) >= 11 is 0.